The zero-order chi connectivity index (χ0) is 27.3. The number of amides is 2. The van der Waals surface area contributed by atoms with E-state index in [0.29, 0.717) is 22.5 Å². The van der Waals surface area contributed by atoms with Crippen LogP contribution in [0, 0.1) is 16.0 Å². The third kappa shape index (κ3) is 7.13. The molecular weight excluding hydrogens is 563 g/mol. The number of carbonyl (C=O) groups excluding carboxylic acids is 2. The summed E-state index contributed by atoms with van der Waals surface area (Å²) in [7, 11) is 0. The molecule has 1 atom stereocenters. The number of aromatic nitrogens is 3. The van der Waals surface area contributed by atoms with Crippen LogP contribution in [0.1, 0.15) is 43.0 Å². The average Bonchev–Trinajstić information content (AvgIpc) is 3.24. The number of nitro groups is 1. The van der Waals surface area contributed by atoms with Gasteiger partial charge in [0.05, 0.1) is 38.0 Å². The van der Waals surface area contributed by atoms with Gasteiger partial charge in [-0.25, -0.2) is 0 Å². The lowest BCUT2D eigenvalue weighted by Gasteiger charge is -2.22. The summed E-state index contributed by atoms with van der Waals surface area (Å²) in [5, 5.41) is 26.4. The molecule has 0 aliphatic rings. The lowest BCUT2D eigenvalue weighted by Crippen LogP contribution is -2.34. The first kappa shape index (κ1) is 28.7. The Hall–Kier alpha value is -2.86. The zero-order valence-corrected chi connectivity index (χ0v) is 23.1. The van der Waals surface area contributed by atoms with Crippen LogP contribution < -0.4 is 10.6 Å². The Kier molecular flexibility index (Phi) is 9.77. The molecular formula is C23H23Cl3N6O4S. The number of non-ortho nitro benzene ring substituents is 1. The summed E-state index contributed by atoms with van der Waals surface area (Å²) in [5.41, 5.74) is 0.234. The molecule has 2 N–H and O–H groups in total. The Labute approximate surface area is 232 Å². The SMILES string of the molecule is CCn1c(SCC(=O)Nc2cc([N+](=O)[O-])ccc2Cl)nnc1[C@@H](NC(=O)c1ccc(Cl)cc1Cl)C(C)C. The molecule has 0 aliphatic carbocycles. The smallest absolute Gasteiger partial charge is 0.271 e. The molecule has 0 aliphatic heterocycles. The molecule has 196 valence electrons. The van der Waals surface area contributed by atoms with Gasteiger partial charge in [-0.15, -0.1) is 10.2 Å². The molecule has 14 heteroatoms. The molecule has 0 spiro atoms. The van der Waals surface area contributed by atoms with Gasteiger partial charge in [0.25, 0.3) is 11.6 Å². The van der Waals surface area contributed by atoms with E-state index in [0.717, 1.165) is 11.8 Å². The molecule has 10 nitrogen and oxygen atoms in total. The number of nitrogens with zero attached hydrogens (tertiary/aromatic N) is 4. The fraction of sp³-hybridized carbons (Fsp3) is 0.304. The number of benzene rings is 2. The molecule has 0 radical (unpaired) electrons. The van der Waals surface area contributed by atoms with Crippen molar-refractivity contribution in [2.45, 2.75) is 38.5 Å². The van der Waals surface area contributed by atoms with Crippen molar-refractivity contribution < 1.29 is 14.5 Å². The Bertz CT molecular complexity index is 1330. The Balaban J connectivity index is 1.74. The first-order chi connectivity index (χ1) is 17.5. The minimum Gasteiger partial charge on any atom is -0.342 e. The number of carbonyl (C=O) groups is 2. The van der Waals surface area contributed by atoms with E-state index in [-0.39, 0.29) is 44.6 Å². The molecule has 37 heavy (non-hydrogen) atoms. The second kappa shape index (κ2) is 12.6. The van der Waals surface area contributed by atoms with E-state index in [1.807, 2.05) is 25.3 Å². The summed E-state index contributed by atoms with van der Waals surface area (Å²) in [6.07, 6.45) is 0. The summed E-state index contributed by atoms with van der Waals surface area (Å²) < 4.78 is 1.81. The standard InChI is InChI=1S/C23H23Cl3N6O4S/c1-4-31-21(20(12(2)3)28-22(34)15-7-5-13(24)9-17(15)26)29-30-23(31)37-11-19(33)27-18-10-14(32(35)36)6-8-16(18)25/h5-10,12,20H,4,11H2,1-3H3,(H,27,33)(H,28,34)/t20-/m0/s1. The average molecular weight is 586 g/mol. The van der Waals surface area contributed by atoms with Crippen molar-refractivity contribution in [3.05, 3.63) is 73.0 Å². The van der Waals surface area contributed by atoms with Crippen LogP contribution in [-0.4, -0.2) is 37.3 Å². The van der Waals surface area contributed by atoms with Crippen molar-refractivity contribution in [2.75, 3.05) is 11.1 Å². The van der Waals surface area contributed by atoms with Gasteiger partial charge in [0, 0.05) is 23.7 Å². The highest BCUT2D eigenvalue weighted by Crippen LogP contribution is 2.29. The topological polar surface area (TPSA) is 132 Å². The number of nitro benzene ring substituents is 1. The van der Waals surface area contributed by atoms with Crippen LogP contribution in [0.15, 0.2) is 41.6 Å². The van der Waals surface area contributed by atoms with Crippen molar-refractivity contribution in [2.24, 2.45) is 5.92 Å². The maximum absolute atomic E-state index is 12.9. The molecule has 0 bridgehead atoms. The fourth-order valence-corrected chi connectivity index (χ4v) is 4.86. The molecule has 2 aromatic carbocycles. The first-order valence-corrected chi connectivity index (χ1v) is 13.2. The second-order valence-corrected chi connectivity index (χ2v) is 10.4. The predicted molar refractivity (Wildman–Crippen MR) is 145 cm³/mol. The Morgan fingerprint density at radius 1 is 1.11 bits per heavy atom. The number of thioether (sulfide) groups is 1. The van der Waals surface area contributed by atoms with Crippen molar-refractivity contribution in [3.63, 3.8) is 0 Å². The highest BCUT2D eigenvalue weighted by Gasteiger charge is 2.27. The van der Waals surface area contributed by atoms with Crippen LogP contribution in [0.2, 0.25) is 15.1 Å². The lowest BCUT2D eigenvalue weighted by molar-refractivity contribution is -0.384. The lowest BCUT2D eigenvalue weighted by atomic mass is 10.0. The summed E-state index contributed by atoms with van der Waals surface area (Å²) in [6.45, 7) is 6.26. The fourth-order valence-electron chi connectivity index (χ4n) is 3.40. The highest BCUT2D eigenvalue weighted by atomic mass is 35.5. The largest absolute Gasteiger partial charge is 0.342 e. The van der Waals surface area contributed by atoms with Gasteiger partial charge in [-0.3, -0.25) is 19.7 Å². The summed E-state index contributed by atoms with van der Waals surface area (Å²) in [6, 6.07) is 7.94. The van der Waals surface area contributed by atoms with Crippen LogP contribution in [0.4, 0.5) is 11.4 Å². The van der Waals surface area contributed by atoms with Gasteiger partial charge in [-0.05, 0) is 37.1 Å². The summed E-state index contributed by atoms with van der Waals surface area (Å²) in [4.78, 5) is 35.9. The molecule has 1 aromatic heterocycles. The van der Waals surface area contributed by atoms with Crippen molar-refractivity contribution in [3.8, 4) is 0 Å². The molecule has 1 heterocycles. The quantitative estimate of drug-likeness (QED) is 0.169. The normalized spacial score (nSPS) is 11.9. The molecule has 3 rings (SSSR count). The van der Waals surface area contributed by atoms with Crippen molar-refractivity contribution in [1.82, 2.24) is 20.1 Å². The van der Waals surface area contributed by atoms with E-state index >= 15 is 0 Å². The van der Waals surface area contributed by atoms with E-state index in [2.05, 4.69) is 20.8 Å². The predicted octanol–water partition coefficient (Wildman–Crippen LogP) is 6.02. The maximum Gasteiger partial charge on any atom is 0.271 e. The van der Waals surface area contributed by atoms with Gasteiger partial charge in [0.1, 0.15) is 0 Å². The van der Waals surface area contributed by atoms with Crippen LogP contribution >= 0.6 is 46.6 Å². The van der Waals surface area contributed by atoms with Gasteiger partial charge in [-0.1, -0.05) is 60.4 Å². The van der Waals surface area contributed by atoms with E-state index in [1.165, 1.54) is 24.3 Å². The van der Waals surface area contributed by atoms with Crippen LogP contribution in [0.25, 0.3) is 0 Å². The monoisotopic (exact) mass is 584 g/mol. The third-order valence-corrected chi connectivity index (χ3v) is 7.08. The molecule has 2 amide bonds. The number of hydrogen-bond donors (Lipinski definition) is 2. The van der Waals surface area contributed by atoms with Gasteiger partial charge >= 0.3 is 0 Å². The van der Waals surface area contributed by atoms with Gasteiger partial charge < -0.3 is 15.2 Å². The number of hydrogen-bond acceptors (Lipinski definition) is 7. The first-order valence-electron chi connectivity index (χ1n) is 11.1. The highest BCUT2D eigenvalue weighted by molar-refractivity contribution is 7.99. The van der Waals surface area contributed by atoms with E-state index in [9.17, 15) is 19.7 Å². The molecule has 0 saturated carbocycles. The van der Waals surface area contributed by atoms with E-state index < -0.39 is 16.9 Å². The molecule has 0 fully saturated rings. The van der Waals surface area contributed by atoms with Crippen LogP contribution in [-0.2, 0) is 11.3 Å². The van der Waals surface area contributed by atoms with E-state index in [4.69, 9.17) is 34.8 Å². The zero-order valence-electron chi connectivity index (χ0n) is 20.0. The van der Waals surface area contributed by atoms with Crippen LogP contribution in [0.5, 0.6) is 0 Å². The van der Waals surface area contributed by atoms with Gasteiger partial charge in [0.15, 0.2) is 11.0 Å². The third-order valence-electron chi connectivity index (χ3n) is 5.24. The molecule has 3 aromatic rings. The van der Waals surface area contributed by atoms with E-state index in [1.54, 1.807) is 12.1 Å². The maximum atomic E-state index is 12.9. The van der Waals surface area contributed by atoms with Crippen LogP contribution in [0.3, 0.4) is 0 Å². The van der Waals surface area contributed by atoms with Gasteiger partial charge in [-0.2, -0.15) is 0 Å². The number of halogens is 3. The Morgan fingerprint density at radius 3 is 2.46 bits per heavy atom. The summed E-state index contributed by atoms with van der Waals surface area (Å²) in [5.74, 6) is -0.364. The number of rotatable bonds is 10. The number of anilines is 1. The minimum absolute atomic E-state index is 0.0401. The molecule has 0 unspecified atom stereocenters. The second-order valence-electron chi connectivity index (χ2n) is 8.16. The summed E-state index contributed by atoms with van der Waals surface area (Å²) >= 11 is 19.3. The van der Waals surface area contributed by atoms with Crippen molar-refractivity contribution >= 4 is 69.8 Å². The Morgan fingerprint density at radius 2 is 1.84 bits per heavy atom. The minimum atomic E-state index is -0.573. The van der Waals surface area contributed by atoms with Crippen molar-refractivity contribution in [1.29, 1.82) is 0 Å². The molecule has 0 saturated heterocycles. The van der Waals surface area contributed by atoms with Gasteiger partial charge in [0.2, 0.25) is 5.91 Å². The number of nitrogens with one attached hydrogen (secondary N) is 2.